The van der Waals surface area contributed by atoms with Crippen molar-refractivity contribution in [1.82, 2.24) is 4.98 Å². The van der Waals surface area contributed by atoms with Gasteiger partial charge in [-0.1, -0.05) is 43.2 Å². The third-order valence-corrected chi connectivity index (χ3v) is 3.95. The van der Waals surface area contributed by atoms with Crippen molar-refractivity contribution in [3.8, 4) is 11.1 Å². The molecule has 0 bridgehead atoms. The van der Waals surface area contributed by atoms with Crippen LogP contribution in [0.15, 0.2) is 30.3 Å². The van der Waals surface area contributed by atoms with Gasteiger partial charge in [-0.15, -0.1) is 0 Å². The van der Waals surface area contributed by atoms with Crippen molar-refractivity contribution in [3.63, 3.8) is 0 Å². The summed E-state index contributed by atoms with van der Waals surface area (Å²) in [4.78, 5) is 27.9. The number of benzene rings is 1. The predicted molar refractivity (Wildman–Crippen MR) is 97.2 cm³/mol. The number of aryl methyl sites for hydroxylation is 3. The summed E-state index contributed by atoms with van der Waals surface area (Å²) in [7, 11) is 0. The molecular formula is C20H24N2O3. The minimum Gasteiger partial charge on any atom is -0.452 e. The van der Waals surface area contributed by atoms with Crippen LogP contribution in [0.2, 0.25) is 0 Å². The third kappa shape index (κ3) is 4.89. The van der Waals surface area contributed by atoms with E-state index < -0.39 is 18.5 Å². The number of amides is 1. The summed E-state index contributed by atoms with van der Waals surface area (Å²) in [5.74, 6) is -1.27. The molecule has 2 N–H and O–H groups in total. The maximum Gasteiger partial charge on any atom is 0.341 e. The van der Waals surface area contributed by atoms with Gasteiger partial charge in [0.1, 0.15) is 0 Å². The number of nitrogens with zero attached hydrogens (tertiary/aromatic N) is 1. The molecule has 1 aromatic carbocycles. The highest BCUT2D eigenvalue weighted by atomic mass is 16.5. The second kappa shape index (κ2) is 8.42. The van der Waals surface area contributed by atoms with Crippen LogP contribution >= 0.6 is 0 Å². The predicted octanol–water partition coefficient (Wildman–Crippen LogP) is 3.35. The first-order valence-corrected chi connectivity index (χ1v) is 8.45. The third-order valence-electron chi connectivity index (χ3n) is 3.95. The average Bonchev–Trinajstić information content (AvgIpc) is 2.58. The number of primary amides is 1. The molecule has 0 atom stereocenters. The molecule has 2 aromatic rings. The first kappa shape index (κ1) is 18.6. The lowest BCUT2D eigenvalue weighted by Gasteiger charge is -2.14. The second-order valence-corrected chi connectivity index (χ2v) is 6.13. The molecule has 132 valence electrons. The zero-order chi connectivity index (χ0) is 18.4. The fourth-order valence-electron chi connectivity index (χ4n) is 2.65. The molecule has 5 nitrogen and oxygen atoms in total. The topological polar surface area (TPSA) is 82.3 Å². The molecule has 1 heterocycles. The van der Waals surface area contributed by atoms with Gasteiger partial charge in [0, 0.05) is 5.69 Å². The Labute approximate surface area is 148 Å². The zero-order valence-electron chi connectivity index (χ0n) is 15.0. The lowest BCUT2D eigenvalue weighted by atomic mass is 9.96. The lowest BCUT2D eigenvalue weighted by Crippen LogP contribution is -2.22. The molecule has 2 rings (SSSR count). The van der Waals surface area contributed by atoms with E-state index in [4.69, 9.17) is 10.5 Å². The number of rotatable bonds is 7. The Morgan fingerprint density at radius 2 is 1.84 bits per heavy atom. The van der Waals surface area contributed by atoms with Gasteiger partial charge in [0.15, 0.2) is 6.61 Å². The van der Waals surface area contributed by atoms with Crippen LogP contribution in [0.4, 0.5) is 0 Å². The van der Waals surface area contributed by atoms with Crippen molar-refractivity contribution < 1.29 is 14.3 Å². The van der Waals surface area contributed by atoms with E-state index >= 15 is 0 Å². The van der Waals surface area contributed by atoms with Gasteiger partial charge >= 0.3 is 5.97 Å². The van der Waals surface area contributed by atoms with Crippen LogP contribution in [0.3, 0.4) is 0 Å². The number of pyridine rings is 1. The molecule has 1 amide bonds. The molecule has 0 fully saturated rings. The summed E-state index contributed by atoms with van der Waals surface area (Å²) in [5.41, 5.74) is 9.82. The van der Waals surface area contributed by atoms with Crippen molar-refractivity contribution in [1.29, 1.82) is 0 Å². The van der Waals surface area contributed by atoms with Gasteiger partial charge in [-0.3, -0.25) is 9.78 Å². The van der Waals surface area contributed by atoms with Gasteiger partial charge in [0.2, 0.25) is 0 Å². The molecule has 0 saturated heterocycles. The summed E-state index contributed by atoms with van der Waals surface area (Å²) < 4.78 is 5.02. The van der Waals surface area contributed by atoms with Gasteiger partial charge in [0.05, 0.1) is 11.3 Å². The van der Waals surface area contributed by atoms with Crippen LogP contribution < -0.4 is 5.73 Å². The van der Waals surface area contributed by atoms with E-state index in [1.807, 2.05) is 37.3 Å². The Morgan fingerprint density at radius 1 is 1.16 bits per heavy atom. The summed E-state index contributed by atoms with van der Waals surface area (Å²) in [6.07, 6.45) is 2.96. The van der Waals surface area contributed by atoms with E-state index in [1.54, 1.807) is 6.92 Å². The summed E-state index contributed by atoms with van der Waals surface area (Å²) >= 11 is 0. The van der Waals surface area contributed by atoms with Crippen LogP contribution in [0.25, 0.3) is 11.1 Å². The molecule has 0 radical (unpaired) electrons. The van der Waals surface area contributed by atoms with Crippen LogP contribution in [0, 0.1) is 13.8 Å². The number of unbranched alkanes of at least 4 members (excludes halogenated alkanes) is 1. The van der Waals surface area contributed by atoms with E-state index in [-0.39, 0.29) is 0 Å². The number of aromatic nitrogens is 1. The number of carbonyl (C=O) groups excluding carboxylic acids is 2. The molecular weight excluding hydrogens is 316 g/mol. The molecule has 5 heteroatoms. The average molecular weight is 340 g/mol. The van der Waals surface area contributed by atoms with Gasteiger partial charge in [0.25, 0.3) is 5.91 Å². The molecule has 0 saturated carbocycles. The zero-order valence-corrected chi connectivity index (χ0v) is 15.0. The van der Waals surface area contributed by atoms with E-state index in [1.165, 1.54) is 0 Å². The second-order valence-electron chi connectivity index (χ2n) is 6.13. The number of ether oxygens (including phenoxy) is 1. The van der Waals surface area contributed by atoms with Gasteiger partial charge < -0.3 is 10.5 Å². The van der Waals surface area contributed by atoms with Crippen molar-refractivity contribution in [3.05, 3.63) is 52.8 Å². The number of hydrogen-bond donors (Lipinski definition) is 1. The fourth-order valence-corrected chi connectivity index (χ4v) is 2.65. The maximum absolute atomic E-state index is 12.5. The molecule has 0 aliphatic heterocycles. The van der Waals surface area contributed by atoms with Crippen molar-refractivity contribution in [2.75, 3.05) is 6.61 Å². The highest BCUT2D eigenvalue weighted by Gasteiger charge is 2.20. The first-order valence-electron chi connectivity index (χ1n) is 8.45. The summed E-state index contributed by atoms with van der Waals surface area (Å²) in [6, 6.07) is 9.87. The summed E-state index contributed by atoms with van der Waals surface area (Å²) in [5, 5.41) is 0. The Morgan fingerprint density at radius 3 is 2.44 bits per heavy atom. The standard InChI is InChI=1S/C20H24N2O3/c1-4-5-6-16-11-17(15-9-7-13(2)8-10-15)19(14(3)22-16)20(24)25-12-18(21)23/h7-11H,4-6,12H2,1-3H3,(H2,21,23). The normalized spacial score (nSPS) is 10.5. The smallest absolute Gasteiger partial charge is 0.341 e. The van der Waals surface area contributed by atoms with Crippen molar-refractivity contribution >= 4 is 11.9 Å². The van der Waals surface area contributed by atoms with E-state index in [9.17, 15) is 9.59 Å². The first-order chi connectivity index (χ1) is 11.9. The van der Waals surface area contributed by atoms with Crippen LogP contribution in [-0.4, -0.2) is 23.5 Å². The monoisotopic (exact) mass is 340 g/mol. The molecule has 1 aromatic heterocycles. The largest absolute Gasteiger partial charge is 0.452 e. The number of esters is 1. The number of carbonyl (C=O) groups is 2. The van der Waals surface area contributed by atoms with E-state index in [2.05, 4.69) is 11.9 Å². The van der Waals surface area contributed by atoms with E-state index in [0.29, 0.717) is 11.3 Å². The maximum atomic E-state index is 12.5. The quantitative estimate of drug-likeness (QED) is 0.784. The van der Waals surface area contributed by atoms with Crippen LogP contribution in [-0.2, 0) is 16.0 Å². The van der Waals surface area contributed by atoms with E-state index in [0.717, 1.165) is 41.6 Å². The van der Waals surface area contributed by atoms with Crippen LogP contribution in [0.1, 0.15) is 47.1 Å². The summed E-state index contributed by atoms with van der Waals surface area (Å²) in [6.45, 7) is 5.48. The van der Waals surface area contributed by atoms with Crippen molar-refractivity contribution in [2.45, 2.75) is 40.0 Å². The van der Waals surface area contributed by atoms with Gasteiger partial charge in [-0.25, -0.2) is 4.79 Å². The molecule has 0 aliphatic carbocycles. The Balaban J connectivity index is 2.50. The van der Waals surface area contributed by atoms with Crippen LogP contribution in [0.5, 0.6) is 0 Å². The van der Waals surface area contributed by atoms with Gasteiger partial charge in [-0.2, -0.15) is 0 Å². The highest BCUT2D eigenvalue weighted by Crippen LogP contribution is 2.28. The fraction of sp³-hybridized carbons (Fsp3) is 0.350. The SMILES string of the molecule is CCCCc1cc(-c2ccc(C)cc2)c(C(=O)OCC(N)=O)c(C)n1. The molecule has 0 aliphatic rings. The Bertz CT molecular complexity index is 767. The van der Waals surface area contributed by atoms with Gasteiger partial charge in [-0.05, 0) is 43.9 Å². The number of nitrogens with two attached hydrogens (primary N) is 1. The van der Waals surface area contributed by atoms with Crippen molar-refractivity contribution in [2.24, 2.45) is 5.73 Å². The Kier molecular flexibility index (Phi) is 6.28. The number of hydrogen-bond acceptors (Lipinski definition) is 4. The molecule has 25 heavy (non-hydrogen) atoms. The Hall–Kier alpha value is -2.69. The minimum absolute atomic E-state index is 0.380. The molecule has 0 unspecified atom stereocenters. The minimum atomic E-state index is -0.685. The lowest BCUT2D eigenvalue weighted by molar-refractivity contribution is -0.121. The molecule has 0 spiro atoms. The highest BCUT2D eigenvalue weighted by molar-refractivity contribution is 5.99.